The summed E-state index contributed by atoms with van der Waals surface area (Å²) in [5.74, 6) is 1.49. The molecule has 0 radical (unpaired) electrons. The van der Waals surface area contributed by atoms with E-state index in [1.807, 2.05) is 6.26 Å². The van der Waals surface area contributed by atoms with Crippen LogP contribution in [0.15, 0.2) is 12.3 Å². The second-order valence-corrected chi connectivity index (χ2v) is 6.84. The molecular weight excluding hydrogens is 228 g/mol. The van der Waals surface area contributed by atoms with E-state index in [2.05, 4.69) is 11.7 Å². The largest absolute Gasteiger partial charge is 0.526 e. The maximum atomic E-state index is 5.76. The number of hydrogen-bond donors (Lipinski definition) is 0. The first kappa shape index (κ1) is 12.9. The molecule has 3 heteroatoms. The van der Waals surface area contributed by atoms with Gasteiger partial charge in [0, 0.05) is 0 Å². The molecule has 96 valence electrons. The molecule has 17 heavy (non-hydrogen) atoms. The van der Waals surface area contributed by atoms with Crippen molar-refractivity contribution in [3.05, 3.63) is 12.3 Å². The van der Waals surface area contributed by atoms with Crippen LogP contribution in [0.2, 0.25) is 0 Å². The van der Waals surface area contributed by atoms with Gasteiger partial charge in [0.05, 0.1) is 13.4 Å². The molecule has 2 aliphatic rings. The Bertz CT molecular complexity index is 274. The second kappa shape index (κ2) is 6.99. The molecule has 0 heterocycles. The first-order valence-electron chi connectivity index (χ1n) is 6.97. The lowest BCUT2D eigenvalue weighted by atomic mass is 10.1. The summed E-state index contributed by atoms with van der Waals surface area (Å²) in [5, 5.41) is 0. The predicted molar refractivity (Wildman–Crippen MR) is 73.0 cm³/mol. The van der Waals surface area contributed by atoms with E-state index in [1.54, 1.807) is 7.11 Å². The molecule has 0 unspecified atom stereocenters. The molecular formula is C14H24O2Si. The molecule has 0 aliphatic heterocycles. The lowest BCUT2D eigenvalue weighted by Crippen LogP contribution is -2.15. The van der Waals surface area contributed by atoms with E-state index < -0.39 is 8.90 Å². The van der Waals surface area contributed by atoms with Gasteiger partial charge < -0.3 is 8.85 Å². The Labute approximate surface area is 106 Å². The van der Waals surface area contributed by atoms with Crippen molar-refractivity contribution in [2.24, 2.45) is 11.8 Å². The van der Waals surface area contributed by atoms with Gasteiger partial charge in [-0.3, -0.25) is 0 Å². The highest BCUT2D eigenvalue weighted by Gasteiger charge is 2.16. The molecule has 0 N–H and O–H groups in total. The van der Waals surface area contributed by atoms with Crippen LogP contribution >= 0.6 is 0 Å². The third-order valence-electron chi connectivity index (χ3n) is 3.91. The van der Waals surface area contributed by atoms with Crippen LogP contribution in [-0.2, 0) is 8.85 Å². The smallest absolute Gasteiger partial charge is 0.480 e. The minimum atomic E-state index is -1.17. The number of hydrogen-bond acceptors (Lipinski definition) is 2. The summed E-state index contributed by atoms with van der Waals surface area (Å²) in [5.41, 5.74) is 2.33. The zero-order valence-electron chi connectivity index (χ0n) is 10.9. The summed E-state index contributed by atoms with van der Waals surface area (Å²) in [4.78, 5) is 0. The molecule has 2 nitrogen and oxygen atoms in total. The highest BCUT2D eigenvalue weighted by molar-refractivity contribution is 6.54. The maximum absolute atomic E-state index is 5.76. The molecule has 0 aromatic heterocycles. The van der Waals surface area contributed by atoms with Crippen LogP contribution in [0.3, 0.4) is 0 Å². The van der Waals surface area contributed by atoms with Crippen LogP contribution in [-0.4, -0.2) is 21.7 Å². The first-order valence-corrected chi connectivity index (χ1v) is 8.37. The van der Waals surface area contributed by atoms with Crippen LogP contribution in [0.5, 0.6) is 0 Å². The van der Waals surface area contributed by atoms with Crippen molar-refractivity contribution in [1.82, 2.24) is 0 Å². The van der Waals surface area contributed by atoms with Gasteiger partial charge in [0.1, 0.15) is 0 Å². The Morgan fingerprint density at radius 1 is 0.941 bits per heavy atom. The van der Waals surface area contributed by atoms with Crippen molar-refractivity contribution in [1.29, 1.82) is 0 Å². The third-order valence-corrected chi connectivity index (χ3v) is 5.42. The van der Waals surface area contributed by atoms with E-state index in [-0.39, 0.29) is 0 Å². The maximum Gasteiger partial charge on any atom is 0.480 e. The molecule has 0 aromatic rings. The summed E-state index contributed by atoms with van der Waals surface area (Å²) in [6.45, 7) is 0. The van der Waals surface area contributed by atoms with E-state index >= 15 is 0 Å². The van der Waals surface area contributed by atoms with Crippen LogP contribution in [0.25, 0.3) is 0 Å². The molecule has 0 aromatic carbocycles. The molecule has 0 spiro atoms. The fourth-order valence-electron chi connectivity index (χ4n) is 2.84. The summed E-state index contributed by atoms with van der Waals surface area (Å²) in [6, 6.07) is 0. The fraction of sp³-hybridized carbons (Fsp3) is 0.786. The Kier molecular flexibility index (Phi) is 5.30. The first-order chi connectivity index (χ1) is 8.38. The van der Waals surface area contributed by atoms with Gasteiger partial charge in [-0.15, -0.1) is 0 Å². The predicted octanol–water partition coefficient (Wildman–Crippen LogP) is 3.42. The van der Waals surface area contributed by atoms with Crippen LogP contribution in [0.1, 0.15) is 51.4 Å². The normalized spacial score (nSPS) is 23.7. The summed E-state index contributed by atoms with van der Waals surface area (Å²) in [7, 11) is 0.597. The summed E-state index contributed by atoms with van der Waals surface area (Å²) < 4.78 is 11.2. The van der Waals surface area contributed by atoms with Gasteiger partial charge in [-0.25, -0.2) is 0 Å². The van der Waals surface area contributed by atoms with Gasteiger partial charge in [-0.1, -0.05) is 25.7 Å². The van der Waals surface area contributed by atoms with Gasteiger partial charge in [0.15, 0.2) is 0 Å². The summed E-state index contributed by atoms with van der Waals surface area (Å²) >= 11 is 0. The lowest BCUT2D eigenvalue weighted by Gasteiger charge is -2.07. The molecule has 2 aliphatic carbocycles. The lowest BCUT2D eigenvalue weighted by molar-refractivity contribution is 0.329. The van der Waals surface area contributed by atoms with Crippen molar-refractivity contribution in [2.75, 3.05) is 7.11 Å². The van der Waals surface area contributed by atoms with Gasteiger partial charge in [0.2, 0.25) is 0 Å². The quantitative estimate of drug-likeness (QED) is 0.551. The van der Waals surface area contributed by atoms with Crippen molar-refractivity contribution in [2.45, 2.75) is 51.4 Å². The monoisotopic (exact) mass is 252 g/mol. The van der Waals surface area contributed by atoms with E-state index in [9.17, 15) is 0 Å². The number of allylic oxidation sites excluding steroid dienone is 1. The Balaban J connectivity index is 1.77. The zero-order valence-corrected chi connectivity index (χ0v) is 11.9. The van der Waals surface area contributed by atoms with Crippen molar-refractivity contribution >= 4 is 14.6 Å². The van der Waals surface area contributed by atoms with Crippen molar-refractivity contribution in [3.8, 4) is 0 Å². The van der Waals surface area contributed by atoms with Gasteiger partial charge in [0.25, 0.3) is 0 Å². The van der Waals surface area contributed by atoms with Gasteiger partial charge in [-0.2, -0.15) is 0 Å². The molecule has 2 fully saturated rings. The SMILES string of the molecule is CO[Si](=CC1CCCC1)OC=CC1CCCC1. The van der Waals surface area contributed by atoms with Crippen LogP contribution in [0.4, 0.5) is 0 Å². The van der Waals surface area contributed by atoms with Gasteiger partial charge >= 0.3 is 8.90 Å². The average Bonchev–Trinajstić information content (AvgIpc) is 3.00. The molecule has 0 amide bonds. The fourth-order valence-corrected chi connectivity index (χ4v) is 4.08. The minimum absolute atomic E-state index is 0.740. The standard InChI is InChI=1S/C14H24O2Si/c1-15-17(12-14-8-4-5-9-14)16-11-10-13-6-2-3-7-13/h10-14H,2-9H2,1H3. The van der Waals surface area contributed by atoms with E-state index in [4.69, 9.17) is 8.85 Å². The topological polar surface area (TPSA) is 18.5 Å². The van der Waals surface area contributed by atoms with E-state index in [0.29, 0.717) is 0 Å². The third kappa shape index (κ3) is 4.30. The summed E-state index contributed by atoms with van der Waals surface area (Å²) in [6.07, 6.45) is 15.0. The molecule has 0 bridgehead atoms. The van der Waals surface area contributed by atoms with Crippen LogP contribution in [0, 0.1) is 11.8 Å². The highest BCUT2D eigenvalue weighted by Crippen LogP contribution is 2.25. The van der Waals surface area contributed by atoms with Gasteiger partial charge in [-0.05, 0) is 49.3 Å². The minimum Gasteiger partial charge on any atom is -0.526 e. The average molecular weight is 252 g/mol. The molecule has 0 saturated heterocycles. The highest BCUT2D eigenvalue weighted by atomic mass is 28.3. The Hall–Kier alpha value is -0.573. The molecule has 0 atom stereocenters. The second-order valence-electron chi connectivity index (χ2n) is 5.23. The molecule has 2 saturated carbocycles. The Morgan fingerprint density at radius 3 is 2.12 bits per heavy atom. The van der Waals surface area contributed by atoms with Crippen LogP contribution < -0.4 is 0 Å². The Morgan fingerprint density at radius 2 is 1.53 bits per heavy atom. The van der Waals surface area contributed by atoms with E-state index in [1.165, 1.54) is 51.4 Å². The van der Waals surface area contributed by atoms with Crippen molar-refractivity contribution < 1.29 is 8.85 Å². The molecule has 2 rings (SSSR count). The number of rotatable bonds is 5. The zero-order chi connectivity index (χ0) is 11.9. The van der Waals surface area contributed by atoms with Crippen molar-refractivity contribution in [3.63, 3.8) is 0 Å². The van der Waals surface area contributed by atoms with E-state index in [0.717, 1.165) is 11.8 Å².